The van der Waals surface area contributed by atoms with Crippen molar-refractivity contribution >= 4 is 55.5 Å². The van der Waals surface area contributed by atoms with Crippen LogP contribution in [0.2, 0.25) is 5.02 Å². The predicted octanol–water partition coefficient (Wildman–Crippen LogP) is 5.91. The molecule has 196 valence electrons. The maximum Gasteiger partial charge on any atom is 0.341 e. The lowest BCUT2D eigenvalue weighted by molar-refractivity contribution is -0.114. The molecule has 1 aliphatic rings. The Morgan fingerprint density at radius 3 is 2.49 bits per heavy atom. The number of fused-ring (bicyclic) bond motifs is 1. The highest BCUT2D eigenvalue weighted by atomic mass is 35.5. The minimum atomic E-state index is -4.11. The van der Waals surface area contributed by atoms with Crippen LogP contribution in [0, 0.1) is 13.8 Å². The molecule has 0 unspecified atom stereocenters. The number of carbonyl (C=O) groups excluding carboxylic acids is 2. The van der Waals surface area contributed by atoms with Crippen LogP contribution < -0.4 is 9.62 Å². The van der Waals surface area contributed by atoms with E-state index in [9.17, 15) is 18.0 Å². The Labute approximate surface area is 226 Å². The minimum absolute atomic E-state index is 0.0593. The third-order valence-corrected chi connectivity index (χ3v) is 9.46. The lowest BCUT2D eigenvalue weighted by Gasteiger charge is -2.26. The first-order chi connectivity index (χ1) is 17.6. The summed E-state index contributed by atoms with van der Waals surface area (Å²) in [5.41, 5.74) is 3.16. The van der Waals surface area contributed by atoms with E-state index < -0.39 is 28.4 Å². The van der Waals surface area contributed by atoms with E-state index in [1.54, 1.807) is 38.1 Å². The number of amides is 1. The molecule has 0 spiro atoms. The van der Waals surface area contributed by atoms with Gasteiger partial charge in [0, 0.05) is 9.90 Å². The number of rotatable bonds is 8. The molecule has 0 atom stereocenters. The summed E-state index contributed by atoms with van der Waals surface area (Å²) in [6, 6.07) is 11.3. The van der Waals surface area contributed by atoms with E-state index in [-0.39, 0.29) is 11.5 Å². The number of hydrogen-bond donors (Lipinski definition) is 1. The molecule has 10 heteroatoms. The van der Waals surface area contributed by atoms with Crippen molar-refractivity contribution < 1.29 is 22.7 Å². The second-order valence-electron chi connectivity index (χ2n) is 8.94. The van der Waals surface area contributed by atoms with Gasteiger partial charge in [0.05, 0.1) is 22.8 Å². The fourth-order valence-corrected chi connectivity index (χ4v) is 7.30. The van der Waals surface area contributed by atoms with Crippen LogP contribution in [-0.2, 0) is 32.4 Å². The summed E-state index contributed by atoms with van der Waals surface area (Å²) in [5.74, 6) is -1.05. The molecule has 1 aliphatic carbocycles. The number of ether oxygens (including phenoxy) is 1. The Morgan fingerprint density at radius 1 is 1.08 bits per heavy atom. The Hall–Kier alpha value is -2.88. The Balaban J connectivity index is 1.71. The molecule has 1 heterocycles. The third kappa shape index (κ3) is 5.84. The van der Waals surface area contributed by atoms with E-state index in [2.05, 4.69) is 5.32 Å². The first-order valence-electron chi connectivity index (χ1n) is 12.1. The molecule has 2 aromatic carbocycles. The number of hydrogen-bond acceptors (Lipinski definition) is 6. The van der Waals surface area contributed by atoms with E-state index in [1.165, 1.54) is 29.5 Å². The summed E-state index contributed by atoms with van der Waals surface area (Å²) in [5, 5.41) is 3.56. The Morgan fingerprint density at radius 2 is 1.78 bits per heavy atom. The SMILES string of the molecule is CCOC(=O)c1c(NC(=O)CN(c2cc(Cl)ccc2C)S(=O)(=O)c2ccc(C)cc2)sc2c1CCCC2. The van der Waals surface area contributed by atoms with Gasteiger partial charge in [-0.2, -0.15) is 0 Å². The number of aryl methyl sites for hydroxylation is 3. The van der Waals surface area contributed by atoms with Gasteiger partial charge in [-0.15, -0.1) is 11.3 Å². The molecular formula is C27H29ClN2O5S2. The van der Waals surface area contributed by atoms with E-state index in [4.69, 9.17) is 16.3 Å². The van der Waals surface area contributed by atoms with Gasteiger partial charge in [0.25, 0.3) is 10.0 Å². The van der Waals surface area contributed by atoms with Crippen LogP contribution in [0.3, 0.4) is 0 Å². The summed E-state index contributed by atoms with van der Waals surface area (Å²) in [6.45, 7) is 5.07. The molecule has 0 saturated carbocycles. The number of carbonyl (C=O) groups is 2. The molecule has 1 N–H and O–H groups in total. The number of nitrogens with zero attached hydrogens (tertiary/aromatic N) is 1. The van der Waals surface area contributed by atoms with Crippen molar-refractivity contribution in [2.75, 3.05) is 22.8 Å². The van der Waals surface area contributed by atoms with Gasteiger partial charge in [0.1, 0.15) is 11.5 Å². The van der Waals surface area contributed by atoms with E-state index in [1.807, 2.05) is 6.92 Å². The Kier molecular flexibility index (Phi) is 8.26. The van der Waals surface area contributed by atoms with Gasteiger partial charge in [0.2, 0.25) is 5.91 Å². The van der Waals surface area contributed by atoms with Gasteiger partial charge < -0.3 is 10.1 Å². The maximum absolute atomic E-state index is 13.7. The number of thiophene rings is 1. The average Bonchev–Trinajstić information content (AvgIpc) is 3.22. The van der Waals surface area contributed by atoms with Crippen LogP contribution in [-0.4, -0.2) is 33.4 Å². The normalized spacial score (nSPS) is 13.1. The fourth-order valence-electron chi connectivity index (χ4n) is 4.36. The van der Waals surface area contributed by atoms with Crippen LogP contribution in [0.25, 0.3) is 0 Å². The van der Waals surface area contributed by atoms with Crippen molar-refractivity contribution in [1.29, 1.82) is 0 Å². The first-order valence-corrected chi connectivity index (χ1v) is 14.7. The second kappa shape index (κ2) is 11.2. The molecule has 1 amide bonds. The highest BCUT2D eigenvalue weighted by Gasteiger charge is 2.31. The van der Waals surface area contributed by atoms with Crippen molar-refractivity contribution in [1.82, 2.24) is 0 Å². The molecule has 0 radical (unpaired) electrons. The highest BCUT2D eigenvalue weighted by Crippen LogP contribution is 2.39. The van der Waals surface area contributed by atoms with Crippen molar-refractivity contribution in [3.05, 3.63) is 74.6 Å². The van der Waals surface area contributed by atoms with Gasteiger partial charge in [-0.3, -0.25) is 9.10 Å². The zero-order valence-electron chi connectivity index (χ0n) is 21.0. The molecule has 37 heavy (non-hydrogen) atoms. The molecule has 4 rings (SSSR count). The monoisotopic (exact) mass is 560 g/mol. The molecule has 7 nitrogen and oxygen atoms in total. The van der Waals surface area contributed by atoms with E-state index >= 15 is 0 Å². The number of sulfonamides is 1. The number of nitrogens with one attached hydrogen (secondary N) is 1. The molecule has 0 saturated heterocycles. The van der Waals surface area contributed by atoms with Crippen molar-refractivity contribution in [3.63, 3.8) is 0 Å². The average molecular weight is 561 g/mol. The lowest BCUT2D eigenvalue weighted by Crippen LogP contribution is -2.38. The van der Waals surface area contributed by atoms with Gasteiger partial charge in [-0.05, 0) is 81.8 Å². The highest BCUT2D eigenvalue weighted by molar-refractivity contribution is 7.92. The summed E-state index contributed by atoms with van der Waals surface area (Å²) in [6.07, 6.45) is 3.54. The molecule has 0 aliphatic heterocycles. The lowest BCUT2D eigenvalue weighted by atomic mass is 9.95. The number of anilines is 2. The van der Waals surface area contributed by atoms with Crippen LogP contribution in [0.15, 0.2) is 47.4 Å². The number of benzene rings is 2. The topological polar surface area (TPSA) is 92.8 Å². The Bertz CT molecular complexity index is 1430. The van der Waals surface area contributed by atoms with Crippen LogP contribution in [0.1, 0.15) is 51.7 Å². The molecule has 1 aromatic heterocycles. The summed E-state index contributed by atoms with van der Waals surface area (Å²) in [4.78, 5) is 27.3. The molecular weight excluding hydrogens is 532 g/mol. The fraction of sp³-hybridized carbons (Fsp3) is 0.333. The zero-order chi connectivity index (χ0) is 26.7. The quantitative estimate of drug-likeness (QED) is 0.346. The molecule has 0 bridgehead atoms. The van der Waals surface area contributed by atoms with Crippen molar-refractivity contribution in [2.45, 2.75) is 51.3 Å². The first kappa shape index (κ1) is 27.2. The number of halogens is 1. The van der Waals surface area contributed by atoms with Crippen LogP contribution in [0.4, 0.5) is 10.7 Å². The largest absolute Gasteiger partial charge is 0.462 e. The number of esters is 1. The standard InChI is InChI=1S/C27H29ClN2O5S2/c1-4-35-27(32)25-21-7-5-6-8-23(21)36-26(25)29-24(31)16-30(22-15-19(28)12-11-18(22)3)37(33,34)20-13-9-17(2)10-14-20/h9-15H,4-8,16H2,1-3H3,(H,29,31). The van der Waals surface area contributed by atoms with E-state index in [0.29, 0.717) is 26.8 Å². The van der Waals surface area contributed by atoms with Gasteiger partial charge in [0.15, 0.2) is 0 Å². The van der Waals surface area contributed by atoms with Gasteiger partial charge in [-0.25, -0.2) is 13.2 Å². The summed E-state index contributed by atoms with van der Waals surface area (Å²) < 4.78 is 33.8. The van der Waals surface area contributed by atoms with Crippen molar-refractivity contribution in [3.8, 4) is 0 Å². The van der Waals surface area contributed by atoms with Gasteiger partial charge >= 0.3 is 5.97 Å². The van der Waals surface area contributed by atoms with Gasteiger partial charge in [-0.1, -0.05) is 35.4 Å². The van der Waals surface area contributed by atoms with Crippen LogP contribution in [0.5, 0.6) is 0 Å². The molecule has 3 aromatic rings. The summed E-state index contributed by atoms with van der Waals surface area (Å²) in [7, 11) is -4.11. The minimum Gasteiger partial charge on any atom is -0.462 e. The summed E-state index contributed by atoms with van der Waals surface area (Å²) >= 11 is 7.57. The van der Waals surface area contributed by atoms with E-state index in [0.717, 1.165) is 46.0 Å². The smallest absolute Gasteiger partial charge is 0.341 e. The second-order valence-corrected chi connectivity index (χ2v) is 12.3. The third-order valence-electron chi connectivity index (χ3n) is 6.24. The maximum atomic E-state index is 13.7. The predicted molar refractivity (Wildman–Crippen MR) is 147 cm³/mol. The van der Waals surface area contributed by atoms with Crippen LogP contribution >= 0.6 is 22.9 Å². The van der Waals surface area contributed by atoms with Crippen molar-refractivity contribution in [2.24, 2.45) is 0 Å². The zero-order valence-corrected chi connectivity index (χ0v) is 23.4. The molecule has 0 fully saturated rings.